The lowest BCUT2D eigenvalue weighted by molar-refractivity contribution is -0.683. The number of rotatable bonds is 6. The third kappa shape index (κ3) is 3.91. The zero-order chi connectivity index (χ0) is 20.1. The molecule has 3 aromatic carbocycles. The SMILES string of the molecule is COc1cc(-c2ccccc2)c(-c2cccc[n+]2CCN)c(-c2ccccc2)c1. The molecule has 4 rings (SSSR count). The second-order valence-electron chi connectivity index (χ2n) is 6.90. The molecule has 0 aliphatic rings. The Hall–Kier alpha value is -3.43. The molecule has 2 N–H and O–H groups in total. The molecular weight excluding hydrogens is 356 g/mol. The summed E-state index contributed by atoms with van der Waals surface area (Å²) >= 11 is 0. The van der Waals surface area contributed by atoms with Crippen molar-refractivity contribution in [2.75, 3.05) is 13.7 Å². The summed E-state index contributed by atoms with van der Waals surface area (Å²) in [6, 6.07) is 31.5. The maximum Gasteiger partial charge on any atom is 0.213 e. The molecule has 0 saturated carbocycles. The maximum absolute atomic E-state index is 5.91. The van der Waals surface area contributed by atoms with Crippen LogP contribution in [0.4, 0.5) is 0 Å². The van der Waals surface area contributed by atoms with Crippen LogP contribution in [0.15, 0.2) is 97.2 Å². The standard InChI is InChI=1S/C26H25N2O/c1-29-22-18-23(20-10-4-2-5-11-20)26(24(19-22)21-12-6-3-7-13-21)25-14-8-9-16-28(25)17-15-27/h2-14,16,18-19H,15,17,27H2,1H3/q+1. The predicted octanol–water partition coefficient (Wildman–Crippen LogP) is 4.94. The Morgan fingerprint density at radius 1 is 0.759 bits per heavy atom. The monoisotopic (exact) mass is 381 g/mol. The topological polar surface area (TPSA) is 39.1 Å². The fourth-order valence-corrected chi connectivity index (χ4v) is 3.74. The Bertz CT molecular complexity index is 1030. The Kier molecular flexibility index (Phi) is 5.68. The minimum Gasteiger partial charge on any atom is -0.497 e. The van der Waals surface area contributed by atoms with E-state index in [0.29, 0.717) is 6.54 Å². The first kappa shape index (κ1) is 18.9. The smallest absolute Gasteiger partial charge is 0.213 e. The first-order chi connectivity index (χ1) is 14.3. The minimum absolute atomic E-state index is 0.583. The molecule has 1 aromatic heterocycles. The van der Waals surface area contributed by atoms with Gasteiger partial charge in [0.25, 0.3) is 0 Å². The molecule has 29 heavy (non-hydrogen) atoms. The number of aromatic nitrogens is 1. The average molecular weight is 381 g/mol. The van der Waals surface area contributed by atoms with Crippen LogP contribution in [0, 0.1) is 0 Å². The summed E-state index contributed by atoms with van der Waals surface area (Å²) in [6.07, 6.45) is 2.09. The molecule has 144 valence electrons. The first-order valence-electron chi connectivity index (χ1n) is 9.83. The van der Waals surface area contributed by atoms with Crippen LogP contribution in [-0.4, -0.2) is 13.7 Å². The second-order valence-corrected chi connectivity index (χ2v) is 6.90. The Morgan fingerprint density at radius 2 is 1.31 bits per heavy atom. The van der Waals surface area contributed by atoms with Crippen molar-refractivity contribution in [2.24, 2.45) is 5.73 Å². The van der Waals surface area contributed by atoms with Crippen molar-refractivity contribution in [3.05, 3.63) is 97.2 Å². The van der Waals surface area contributed by atoms with Crippen LogP contribution in [0.25, 0.3) is 33.5 Å². The van der Waals surface area contributed by atoms with E-state index in [1.807, 2.05) is 18.2 Å². The van der Waals surface area contributed by atoms with Crippen LogP contribution >= 0.6 is 0 Å². The van der Waals surface area contributed by atoms with Crippen LogP contribution in [0.3, 0.4) is 0 Å². The summed E-state index contributed by atoms with van der Waals surface area (Å²) in [5.41, 5.74) is 12.8. The van der Waals surface area contributed by atoms with Gasteiger partial charge in [-0.15, -0.1) is 0 Å². The van der Waals surface area contributed by atoms with Gasteiger partial charge in [-0.3, -0.25) is 0 Å². The van der Waals surface area contributed by atoms with Gasteiger partial charge in [-0.25, -0.2) is 0 Å². The van der Waals surface area contributed by atoms with Gasteiger partial charge in [0.05, 0.1) is 19.2 Å². The van der Waals surface area contributed by atoms with Crippen molar-refractivity contribution >= 4 is 0 Å². The van der Waals surface area contributed by atoms with Crippen molar-refractivity contribution in [3.63, 3.8) is 0 Å². The highest BCUT2D eigenvalue weighted by Crippen LogP contribution is 2.41. The molecule has 0 saturated heterocycles. The van der Waals surface area contributed by atoms with Gasteiger partial charge in [0, 0.05) is 12.1 Å². The molecule has 0 aliphatic heterocycles. The number of methoxy groups -OCH3 is 1. The number of hydrogen-bond donors (Lipinski definition) is 1. The molecule has 1 heterocycles. The second kappa shape index (κ2) is 8.72. The molecule has 0 spiro atoms. The zero-order valence-corrected chi connectivity index (χ0v) is 16.6. The van der Waals surface area contributed by atoms with Gasteiger partial charge in [-0.05, 0) is 40.5 Å². The molecule has 0 fully saturated rings. The lowest BCUT2D eigenvalue weighted by atomic mass is 9.89. The number of hydrogen-bond acceptors (Lipinski definition) is 2. The number of nitrogens with zero attached hydrogens (tertiary/aromatic N) is 1. The van der Waals surface area contributed by atoms with E-state index in [1.54, 1.807) is 7.11 Å². The fraction of sp³-hybridized carbons (Fsp3) is 0.115. The molecule has 4 aromatic rings. The number of ether oxygens (including phenoxy) is 1. The third-order valence-electron chi connectivity index (χ3n) is 5.08. The van der Waals surface area contributed by atoms with Gasteiger partial charge < -0.3 is 10.5 Å². The highest BCUT2D eigenvalue weighted by molar-refractivity contribution is 5.93. The van der Waals surface area contributed by atoms with Gasteiger partial charge in [-0.1, -0.05) is 60.7 Å². The van der Waals surface area contributed by atoms with Crippen molar-refractivity contribution in [2.45, 2.75) is 6.54 Å². The van der Waals surface area contributed by atoms with E-state index in [-0.39, 0.29) is 0 Å². The predicted molar refractivity (Wildman–Crippen MR) is 119 cm³/mol. The molecule has 0 unspecified atom stereocenters. The van der Waals surface area contributed by atoms with Crippen LogP contribution in [0.2, 0.25) is 0 Å². The Balaban J connectivity index is 2.09. The summed E-state index contributed by atoms with van der Waals surface area (Å²) < 4.78 is 7.90. The van der Waals surface area contributed by atoms with E-state index in [4.69, 9.17) is 10.5 Å². The van der Waals surface area contributed by atoms with Crippen LogP contribution in [0.5, 0.6) is 5.75 Å². The lowest BCUT2D eigenvalue weighted by Gasteiger charge is -2.17. The van der Waals surface area contributed by atoms with Crippen molar-refractivity contribution in [1.82, 2.24) is 0 Å². The van der Waals surface area contributed by atoms with Gasteiger partial charge in [0.15, 0.2) is 12.7 Å². The normalized spacial score (nSPS) is 10.7. The summed E-state index contributed by atoms with van der Waals surface area (Å²) in [5, 5.41) is 0. The maximum atomic E-state index is 5.91. The molecule has 3 heteroatoms. The lowest BCUT2D eigenvalue weighted by Crippen LogP contribution is -2.39. The summed E-state index contributed by atoms with van der Waals surface area (Å²) in [6.45, 7) is 1.34. The van der Waals surface area contributed by atoms with E-state index >= 15 is 0 Å². The molecule has 0 atom stereocenters. The summed E-state index contributed by atoms with van der Waals surface area (Å²) in [4.78, 5) is 0. The number of benzene rings is 3. The molecule has 3 nitrogen and oxygen atoms in total. The van der Waals surface area contributed by atoms with Gasteiger partial charge in [-0.2, -0.15) is 4.57 Å². The first-order valence-corrected chi connectivity index (χ1v) is 9.83. The summed E-state index contributed by atoms with van der Waals surface area (Å²) in [7, 11) is 1.72. The quantitative estimate of drug-likeness (QED) is 0.480. The largest absolute Gasteiger partial charge is 0.497 e. The van der Waals surface area contributed by atoms with Crippen LogP contribution < -0.4 is 15.0 Å². The molecule has 0 radical (unpaired) electrons. The molecule has 0 aliphatic carbocycles. The Morgan fingerprint density at radius 3 is 1.83 bits per heavy atom. The minimum atomic E-state index is 0.583. The number of nitrogens with two attached hydrogens (primary N) is 1. The van der Waals surface area contributed by atoms with Crippen molar-refractivity contribution < 1.29 is 9.30 Å². The third-order valence-corrected chi connectivity index (χ3v) is 5.08. The highest BCUT2D eigenvalue weighted by Gasteiger charge is 2.22. The zero-order valence-electron chi connectivity index (χ0n) is 16.6. The highest BCUT2D eigenvalue weighted by atomic mass is 16.5. The number of pyridine rings is 1. The van der Waals surface area contributed by atoms with Crippen molar-refractivity contribution in [3.8, 4) is 39.3 Å². The molecular formula is C26H25N2O+. The molecule has 0 amide bonds. The van der Waals surface area contributed by atoms with Gasteiger partial charge >= 0.3 is 0 Å². The van der Waals surface area contributed by atoms with E-state index in [9.17, 15) is 0 Å². The Labute approximate surface area is 172 Å². The average Bonchev–Trinajstić information content (AvgIpc) is 2.80. The van der Waals surface area contributed by atoms with E-state index in [0.717, 1.165) is 40.2 Å². The van der Waals surface area contributed by atoms with E-state index in [2.05, 4.69) is 83.6 Å². The van der Waals surface area contributed by atoms with Gasteiger partial charge in [0.2, 0.25) is 5.69 Å². The molecule has 0 bridgehead atoms. The van der Waals surface area contributed by atoms with E-state index < -0.39 is 0 Å². The van der Waals surface area contributed by atoms with Crippen molar-refractivity contribution in [1.29, 1.82) is 0 Å². The van der Waals surface area contributed by atoms with Gasteiger partial charge in [0.1, 0.15) is 5.75 Å². The van der Waals surface area contributed by atoms with E-state index in [1.165, 1.54) is 5.56 Å². The fourth-order valence-electron chi connectivity index (χ4n) is 3.74. The van der Waals surface area contributed by atoms with Crippen LogP contribution in [0.1, 0.15) is 0 Å². The summed E-state index contributed by atoms with van der Waals surface area (Å²) in [5.74, 6) is 0.841. The van der Waals surface area contributed by atoms with Crippen LogP contribution in [-0.2, 0) is 6.54 Å².